The molecule has 2 saturated heterocycles. The van der Waals surface area contributed by atoms with Gasteiger partial charge in [-0.05, 0) is 32.2 Å². The quantitative estimate of drug-likeness (QED) is 0.816. The highest BCUT2D eigenvalue weighted by atomic mass is 16.2. The van der Waals surface area contributed by atoms with Gasteiger partial charge >= 0.3 is 0 Å². The molecule has 0 saturated carbocycles. The highest BCUT2D eigenvalue weighted by molar-refractivity contribution is 5.76. The molecule has 6 heteroatoms. The molecule has 1 aromatic heterocycles. The van der Waals surface area contributed by atoms with Crippen LogP contribution in [0.1, 0.15) is 39.0 Å². The van der Waals surface area contributed by atoms with Crippen molar-refractivity contribution in [2.75, 3.05) is 19.6 Å². The van der Waals surface area contributed by atoms with E-state index in [0.717, 1.165) is 39.0 Å². The molecule has 2 aliphatic heterocycles. The van der Waals surface area contributed by atoms with Crippen LogP contribution in [-0.4, -0.2) is 62.2 Å². The second-order valence-electron chi connectivity index (χ2n) is 6.05. The third kappa shape index (κ3) is 3.10. The average molecular weight is 291 g/mol. The van der Waals surface area contributed by atoms with Gasteiger partial charge in [0.25, 0.3) is 0 Å². The van der Waals surface area contributed by atoms with Crippen LogP contribution in [0.25, 0.3) is 0 Å². The van der Waals surface area contributed by atoms with Crippen molar-refractivity contribution in [3.05, 3.63) is 12.7 Å². The first kappa shape index (κ1) is 14.5. The molecular weight excluding hydrogens is 266 g/mol. The second-order valence-corrected chi connectivity index (χ2v) is 6.05. The van der Waals surface area contributed by atoms with Gasteiger partial charge in [-0.15, -0.1) is 0 Å². The molecule has 2 fully saturated rings. The second kappa shape index (κ2) is 6.56. The molecule has 1 amide bonds. The van der Waals surface area contributed by atoms with Crippen LogP contribution in [0.5, 0.6) is 0 Å². The van der Waals surface area contributed by atoms with Crippen molar-refractivity contribution in [2.24, 2.45) is 0 Å². The summed E-state index contributed by atoms with van der Waals surface area (Å²) in [7, 11) is 0. The largest absolute Gasteiger partial charge is 0.338 e. The van der Waals surface area contributed by atoms with Gasteiger partial charge in [0.05, 0.1) is 6.54 Å². The lowest BCUT2D eigenvalue weighted by Gasteiger charge is -2.35. The topological polar surface area (TPSA) is 54.3 Å². The van der Waals surface area contributed by atoms with Crippen LogP contribution in [0, 0.1) is 0 Å². The van der Waals surface area contributed by atoms with E-state index in [-0.39, 0.29) is 0 Å². The summed E-state index contributed by atoms with van der Waals surface area (Å²) in [6, 6.07) is 0.960. The van der Waals surface area contributed by atoms with Gasteiger partial charge in [-0.3, -0.25) is 14.4 Å². The highest BCUT2D eigenvalue weighted by Gasteiger charge is 2.38. The van der Waals surface area contributed by atoms with Crippen molar-refractivity contribution in [1.29, 1.82) is 0 Å². The number of aromatic nitrogens is 3. The highest BCUT2D eigenvalue weighted by Crippen LogP contribution is 2.30. The van der Waals surface area contributed by atoms with E-state index in [1.165, 1.54) is 12.8 Å². The van der Waals surface area contributed by atoms with Crippen LogP contribution in [0.2, 0.25) is 0 Å². The van der Waals surface area contributed by atoms with E-state index in [2.05, 4.69) is 19.9 Å². The van der Waals surface area contributed by atoms with Crippen LogP contribution >= 0.6 is 0 Å². The van der Waals surface area contributed by atoms with Crippen LogP contribution in [0.3, 0.4) is 0 Å². The van der Waals surface area contributed by atoms with E-state index < -0.39 is 0 Å². The van der Waals surface area contributed by atoms with Crippen molar-refractivity contribution in [1.82, 2.24) is 24.6 Å². The fourth-order valence-corrected chi connectivity index (χ4v) is 3.85. The van der Waals surface area contributed by atoms with Gasteiger partial charge in [-0.2, -0.15) is 5.10 Å². The van der Waals surface area contributed by atoms with Crippen LogP contribution < -0.4 is 0 Å². The van der Waals surface area contributed by atoms with Crippen molar-refractivity contribution < 1.29 is 4.79 Å². The summed E-state index contributed by atoms with van der Waals surface area (Å²) in [6.45, 7) is 5.94. The Labute approximate surface area is 126 Å². The number of rotatable bonds is 5. The summed E-state index contributed by atoms with van der Waals surface area (Å²) in [4.78, 5) is 20.8. The summed E-state index contributed by atoms with van der Waals surface area (Å²) in [5, 5.41) is 4.17. The predicted molar refractivity (Wildman–Crippen MR) is 79.6 cm³/mol. The van der Waals surface area contributed by atoms with Crippen molar-refractivity contribution in [3.8, 4) is 0 Å². The molecule has 0 aliphatic carbocycles. The number of amides is 1. The number of hydrogen-bond acceptors (Lipinski definition) is 4. The van der Waals surface area contributed by atoms with Gasteiger partial charge in [0.15, 0.2) is 0 Å². The lowest BCUT2D eigenvalue weighted by Crippen LogP contribution is -2.48. The smallest absolute Gasteiger partial charge is 0.222 e. The minimum atomic E-state index is 0.320. The molecule has 0 bridgehead atoms. The monoisotopic (exact) mass is 291 g/mol. The van der Waals surface area contributed by atoms with Crippen LogP contribution in [-0.2, 0) is 11.3 Å². The lowest BCUT2D eigenvalue weighted by molar-refractivity contribution is -0.132. The molecule has 21 heavy (non-hydrogen) atoms. The van der Waals surface area contributed by atoms with Crippen molar-refractivity contribution in [3.63, 3.8) is 0 Å². The summed E-state index contributed by atoms with van der Waals surface area (Å²) in [6.07, 6.45) is 8.76. The van der Waals surface area contributed by atoms with E-state index in [1.807, 2.05) is 11.6 Å². The minimum Gasteiger partial charge on any atom is -0.338 e. The summed E-state index contributed by atoms with van der Waals surface area (Å²) in [5.74, 6) is 0.320. The van der Waals surface area contributed by atoms with E-state index in [9.17, 15) is 4.79 Å². The number of carbonyl (C=O) groups is 1. The van der Waals surface area contributed by atoms with Crippen LogP contribution in [0.15, 0.2) is 12.7 Å². The molecule has 2 atom stereocenters. The third-order valence-electron chi connectivity index (χ3n) is 4.86. The molecule has 0 radical (unpaired) electrons. The number of carbonyl (C=O) groups excluding carboxylic acids is 1. The van der Waals surface area contributed by atoms with E-state index >= 15 is 0 Å². The maximum atomic E-state index is 12.1. The predicted octanol–water partition coefficient (Wildman–Crippen LogP) is 1.14. The molecule has 0 aromatic carbocycles. The lowest BCUT2D eigenvalue weighted by atomic mass is 10.0. The van der Waals surface area contributed by atoms with Gasteiger partial charge in [-0.25, -0.2) is 4.98 Å². The number of hydrogen-bond donors (Lipinski definition) is 0. The Balaban J connectivity index is 1.61. The number of likely N-dealkylation sites (tertiary alicyclic amines) is 2. The maximum absolute atomic E-state index is 12.1. The Kier molecular flexibility index (Phi) is 4.53. The van der Waals surface area contributed by atoms with Gasteiger partial charge in [0, 0.05) is 31.6 Å². The fraction of sp³-hybridized carbons (Fsp3) is 0.800. The zero-order chi connectivity index (χ0) is 14.7. The van der Waals surface area contributed by atoms with Gasteiger partial charge in [-0.1, -0.05) is 6.92 Å². The van der Waals surface area contributed by atoms with E-state index in [0.29, 0.717) is 24.4 Å². The van der Waals surface area contributed by atoms with E-state index in [4.69, 9.17) is 0 Å². The third-order valence-corrected chi connectivity index (χ3v) is 4.86. The zero-order valence-corrected chi connectivity index (χ0v) is 12.8. The molecule has 1 aromatic rings. The zero-order valence-electron chi connectivity index (χ0n) is 12.8. The maximum Gasteiger partial charge on any atom is 0.222 e. The molecule has 6 nitrogen and oxygen atoms in total. The average Bonchev–Trinajstić information content (AvgIpc) is 3.22. The summed E-state index contributed by atoms with van der Waals surface area (Å²) in [5.41, 5.74) is 0. The van der Waals surface area contributed by atoms with E-state index in [1.54, 1.807) is 12.7 Å². The van der Waals surface area contributed by atoms with Crippen LogP contribution in [0.4, 0.5) is 0 Å². The molecule has 2 aliphatic rings. The Morgan fingerprint density at radius 1 is 1.19 bits per heavy atom. The Hall–Kier alpha value is -1.43. The Bertz CT molecular complexity index is 461. The first-order valence-corrected chi connectivity index (χ1v) is 8.15. The first-order valence-electron chi connectivity index (χ1n) is 8.15. The van der Waals surface area contributed by atoms with Gasteiger partial charge < -0.3 is 4.90 Å². The summed E-state index contributed by atoms with van der Waals surface area (Å²) >= 11 is 0. The fourth-order valence-electron chi connectivity index (χ4n) is 3.85. The first-order chi connectivity index (χ1) is 10.3. The molecule has 3 heterocycles. The molecule has 0 spiro atoms. The Morgan fingerprint density at radius 3 is 2.76 bits per heavy atom. The molecule has 3 rings (SSSR count). The molecule has 0 unspecified atom stereocenters. The Morgan fingerprint density at radius 2 is 2.00 bits per heavy atom. The minimum absolute atomic E-state index is 0.320. The molecular formula is C15H25N5O. The van der Waals surface area contributed by atoms with Crippen molar-refractivity contribution in [2.45, 2.75) is 57.7 Å². The van der Waals surface area contributed by atoms with Gasteiger partial charge in [0.1, 0.15) is 12.7 Å². The van der Waals surface area contributed by atoms with Gasteiger partial charge in [0.2, 0.25) is 5.91 Å². The van der Waals surface area contributed by atoms with Crippen molar-refractivity contribution >= 4 is 5.91 Å². The normalized spacial score (nSPS) is 26.6. The SMILES string of the molecule is CCC(=O)N1CCC[C@@H]1[C@H]1CCCN1CCn1cncn1. The molecule has 0 N–H and O–H groups in total. The standard InChI is InChI=1S/C15H25N5O/c1-2-15(21)20-8-4-6-14(20)13-5-3-7-18(13)9-10-19-12-16-11-17-19/h11-14H,2-10H2,1H3/t13-,14-/m1/s1. The molecule has 116 valence electrons. The number of nitrogens with zero attached hydrogens (tertiary/aromatic N) is 5. The summed E-state index contributed by atoms with van der Waals surface area (Å²) < 4.78 is 1.89.